The number of nitrogens with zero attached hydrogens (tertiary/aromatic N) is 1. The van der Waals surface area contributed by atoms with Crippen molar-refractivity contribution in [3.63, 3.8) is 0 Å². The molecule has 2 atom stereocenters. The molecule has 0 aromatic heterocycles. The molecule has 0 heterocycles. The van der Waals surface area contributed by atoms with Crippen LogP contribution in [0.15, 0.2) is 12.2 Å². The van der Waals surface area contributed by atoms with E-state index in [0.717, 1.165) is 43.1 Å². The molecule has 0 aliphatic rings. The molecule has 0 bridgehead atoms. The third kappa shape index (κ3) is 31.4. The molecule has 0 saturated heterocycles. The highest BCUT2D eigenvalue weighted by Gasteiger charge is 2.26. The highest BCUT2D eigenvalue weighted by atomic mass is 31.1. The normalized spacial score (nSPS) is 13.0. The van der Waals surface area contributed by atoms with E-state index in [0.29, 0.717) is 19.4 Å². The summed E-state index contributed by atoms with van der Waals surface area (Å²) in [5.41, 5.74) is 0.0312. The van der Waals surface area contributed by atoms with Gasteiger partial charge in [-0.15, -0.1) is 0 Å². The summed E-state index contributed by atoms with van der Waals surface area (Å²) in [4.78, 5) is 26.2. The van der Waals surface area contributed by atoms with Crippen molar-refractivity contribution in [3.05, 3.63) is 12.2 Å². The molecule has 0 aliphatic heterocycles. The quantitative estimate of drug-likeness (QED) is 0.0228. The summed E-state index contributed by atoms with van der Waals surface area (Å²) >= 11 is 0. The zero-order chi connectivity index (χ0) is 32.6. The number of carbonyl (C=O) groups excluding carboxylic acids is 2. The third-order valence-electron chi connectivity index (χ3n) is 8.77. The van der Waals surface area contributed by atoms with Crippen molar-refractivity contribution >= 4 is 20.1 Å². The Morgan fingerprint density at radius 2 is 1.00 bits per heavy atom. The average Bonchev–Trinajstić information content (AvgIpc) is 2.99. The van der Waals surface area contributed by atoms with Crippen LogP contribution in [0.25, 0.3) is 0 Å². The summed E-state index contributed by atoms with van der Waals surface area (Å²) < 4.78 is 6.57. The second-order valence-corrected chi connectivity index (χ2v) is 15.3. The maximum atomic E-state index is 13.2. The van der Waals surface area contributed by atoms with E-state index in [1.807, 2.05) is 0 Å². The van der Waals surface area contributed by atoms with Crippen molar-refractivity contribution in [1.29, 1.82) is 0 Å². The van der Waals surface area contributed by atoms with Crippen LogP contribution in [0.4, 0.5) is 0 Å². The molecular weight excluding hydrogens is 561 g/mol. The number of unbranched alkanes of at least 4 members (excludes halogenated alkanes) is 22. The number of likely N-dealkylation sites (N-methyl/N-ethyl adjacent to an activating group) is 1. The zero-order valence-electron chi connectivity index (χ0n) is 30.4. The van der Waals surface area contributed by atoms with Crippen molar-refractivity contribution < 1.29 is 18.6 Å². The van der Waals surface area contributed by atoms with Crippen LogP contribution in [0.1, 0.15) is 187 Å². The van der Waals surface area contributed by atoms with Gasteiger partial charge in [0, 0.05) is 6.42 Å². The molecular formula is C39H77NO3P+. The molecule has 2 unspecified atom stereocenters. The van der Waals surface area contributed by atoms with Gasteiger partial charge in [-0.1, -0.05) is 154 Å². The van der Waals surface area contributed by atoms with E-state index in [1.54, 1.807) is 0 Å². The summed E-state index contributed by atoms with van der Waals surface area (Å²) in [7, 11) is 6.18. The van der Waals surface area contributed by atoms with E-state index >= 15 is 0 Å². The number of carbonyl (C=O) groups is 2. The molecule has 0 amide bonds. The van der Waals surface area contributed by atoms with Gasteiger partial charge in [-0.25, -0.2) is 0 Å². The molecule has 0 fully saturated rings. The summed E-state index contributed by atoms with van der Waals surface area (Å²) in [6, 6.07) is 0. The largest absolute Gasteiger partial charge is 0.349 e. The highest BCUT2D eigenvalue weighted by Crippen LogP contribution is 2.26. The fourth-order valence-corrected chi connectivity index (χ4v) is 6.47. The maximum Gasteiger partial charge on any atom is 0.189 e. The number of hydrogen-bond acceptors (Lipinski definition) is 3. The molecule has 0 aliphatic carbocycles. The highest BCUT2D eigenvalue weighted by molar-refractivity contribution is 7.53. The first kappa shape index (κ1) is 43.4. The van der Waals surface area contributed by atoms with Crippen molar-refractivity contribution in [2.75, 3.05) is 34.3 Å². The van der Waals surface area contributed by atoms with E-state index in [4.69, 9.17) is 4.52 Å². The van der Waals surface area contributed by atoms with E-state index in [9.17, 15) is 9.59 Å². The molecule has 44 heavy (non-hydrogen) atoms. The summed E-state index contributed by atoms with van der Waals surface area (Å²) in [5, 5.41) is 0. The topological polar surface area (TPSA) is 43.4 Å². The lowest BCUT2D eigenvalue weighted by molar-refractivity contribution is -0.870. The zero-order valence-corrected chi connectivity index (χ0v) is 31.4. The van der Waals surface area contributed by atoms with E-state index in [1.165, 1.54) is 128 Å². The molecule has 0 rings (SSSR count). The summed E-state index contributed by atoms with van der Waals surface area (Å²) in [5.74, 6) is -0.287. The van der Waals surface area contributed by atoms with Crippen molar-refractivity contribution in [1.82, 2.24) is 0 Å². The van der Waals surface area contributed by atoms with Gasteiger partial charge < -0.3 is 9.01 Å². The molecule has 0 radical (unpaired) electrons. The minimum absolute atomic E-state index is 0.0312. The first-order chi connectivity index (χ1) is 21.3. The Labute approximate surface area is 277 Å². The fourth-order valence-electron chi connectivity index (χ4n) is 5.68. The van der Waals surface area contributed by atoms with Gasteiger partial charge in [-0.2, -0.15) is 0 Å². The van der Waals surface area contributed by atoms with Crippen LogP contribution in [-0.4, -0.2) is 50.1 Å². The van der Waals surface area contributed by atoms with Crippen molar-refractivity contribution in [2.45, 2.75) is 187 Å². The molecule has 5 heteroatoms. The van der Waals surface area contributed by atoms with E-state index in [2.05, 4.69) is 47.1 Å². The third-order valence-corrected chi connectivity index (χ3v) is 9.67. The van der Waals surface area contributed by atoms with Crippen LogP contribution < -0.4 is 0 Å². The van der Waals surface area contributed by atoms with Crippen LogP contribution in [0, 0.1) is 5.92 Å². The Hall–Kier alpha value is -0.570. The fraction of sp³-hybridized carbons (Fsp3) is 0.897. The summed E-state index contributed by atoms with van der Waals surface area (Å²) in [6.07, 6.45) is 37.9. The maximum absolute atomic E-state index is 13.2. The number of allylic oxidation sites excluding steroid dienone is 2. The van der Waals surface area contributed by atoms with Crippen LogP contribution in [-0.2, 0) is 14.1 Å². The number of Topliss-reactive ketones (excluding diaryl/α,β-unsaturated/α-hetero) is 1. The smallest absolute Gasteiger partial charge is 0.189 e. The second kappa shape index (κ2) is 32.4. The van der Waals surface area contributed by atoms with E-state index < -0.39 is 5.92 Å². The number of quaternary nitrogens is 1. The van der Waals surface area contributed by atoms with Crippen LogP contribution in [0.3, 0.4) is 0 Å². The standard InChI is InChI=1S/C39H77NO3P/c1-6-8-10-12-14-16-18-20-22-23-25-27-29-31-33-37(39(42)44-43-36-35-40(3,4)5)38(41)34-32-30-28-26-24-21-19-17-15-13-11-9-7-2/h20,22,37,44H,6-19,21,23-36H2,1-5H3/q+1/b22-20-. The molecule has 4 nitrogen and oxygen atoms in total. The second-order valence-electron chi connectivity index (χ2n) is 14.4. The first-order valence-corrected chi connectivity index (χ1v) is 20.1. The van der Waals surface area contributed by atoms with Gasteiger partial charge in [-0.3, -0.25) is 9.59 Å². The monoisotopic (exact) mass is 639 g/mol. The molecule has 0 N–H and O–H groups in total. The number of hydrogen-bond donors (Lipinski definition) is 0. The molecule has 0 saturated carbocycles. The number of ketones is 1. The molecule has 0 aromatic rings. The van der Waals surface area contributed by atoms with Gasteiger partial charge in [-0.05, 0) is 38.5 Å². The predicted octanol–water partition coefficient (Wildman–Crippen LogP) is 12.1. The van der Waals surface area contributed by atoms with Gasteiger partial charge in [0.15, 0.2) is 5.52 Å². The number of rotatable bonds is 35. The Morgan fingerprint density at radius 3 is 1.45 bits per heavy atom. The van der Waals surface area contributed by atoms with E-state index in [-0.39, 0.29) is 20.1 Å². The first-order valence-electron chi connectivity index (χ1n) is 19.2. The van der Waals surface area contributed by atoms with Crippen LogP contribution >= 0.6 is 8.81 Å². The van der Waals surface area contributed by atoms with Gasteiger partial charge >= 0.3 is 0 Å². The minimum atomic E-state index is -0.452. The lowest BCUT2D eigenvalue weighted by atomic mass is 9.94. The lowest BCUT2D eigenvalue weighted by Gasteiger charge is -2.23. The Kier molecular flexibility index (Phi) is 32.0. The van der Waals surface area contributed by atoms with Gasteiger partial charge in [0.05, 0.1) is 35.9 Å². The lowest BCUT2D eigenvalue weighted by Crippen LogP contribution is -2.37. The van der Waals surface area contributed by atoms with Gasteiger partial charge in [0.25, 0.3) is 0 Å². The molecule has 0 spiro atoms. The van der Waals surface area contributed by atoms with Gasteiger partial charge in [0.2, 0.25) is 0 Å². The van der Waals surface area contributed by atoms with Crippen molar-refractivity contribution in [2.24, 2.45) is 5.92 Å². The SMILES string of the molecule is CCCCCCCC/C=C\CCCCCCC(C(=O)CCCCCCCCCCCCCCC)C(=O)POCC[N+](C)(C)C. The van der Waals surface area contributed by atoms with Gasteiger partial charge in [0.1, 0.15) is 18.9 Å². The Bertz CT molecular complexity index is 673. The minimum Gasteiger partial charge on any atom is -0.349 e. The Morgan fingerprint density at radius 1 is 0.591 bits per heavy atom. The molecule has 260 valence electrons. The Balaban J connectivity index is 4.21. The van der Waals surface area contributed by atoms with Crippen LogP contribution in [0.2, 0.25) is 0 Å². The van der Waals surface area contributed by atoms with Crippen molar-refractivity contribution in [3.8, 4) is 0 Å². The predicted molar refractivity (Wildman–Crippen MR) is 196 cm³/mol. The molecule has 0 aromatic carbocycles. The average molecular weight is 639 g/mol. The van der Waals surface area contributed by atoms with Crippen LogP contribution in [0.5, 0.6) is 0 Å². The summed E-state index contributed by atoms with van der Waals surface area (Å²) in [6.45, 7) is 5.98.